The fraction of sp³-hybridized carbons (Fsp3) is 0.0213. The molecule has 0 radical (unpaired) electrons. The summed E-state index contributed by atoms with van der Waals surface area (Å²) < 4.78 is 6.69. The summed E-state index contributed by atoms with van der Waals surface area (Å²) in [6.45, 7) is 2.09. The van der Waals surface area contributed by atoms with Crippen LogP contribution in [0, 0.1) is 18.3 Å². The Kier molecular flexibility index (Phi) is 7.68. The molecule has 7 aromatic carbocycles. The molecule has 0 aliphatic rings. The number of benzene rings is 7. The predicted molar refractivity (Wildman–Crippen MR) is 209 cm³/mol. The molecule has 9 aromatic rings. The molecule has 0 fully saturated rings. The van der Waals surface area contributed by atoms with Crippen molar-refractivity contribution < 1.29 is 4.42 Å². The van der Waals surface area contributed by atoms with Gasteiger partial charge in [0.15, 0.2) is 17.5 Å². The molecule has 0 aliphatic heterocycles. The Labute approximate surface area is 301 Å². The highest BCUT2D eigenvalue weighted by atomic mass is 16.3. The monoisotopic (exact) mass is 666 g/mol. The SMILES string of the molecule is Cc1ccc(-c2cc(-c3ccc(C#N)cc3)cc3c2oc2cccc(-c4ccc(-c5nc(-c6ccccc6)nc(-c6ccccc6)n5)cc4)c23)cc1. The number of hydrogen-bond acceptors (Lipinski definition) is 5. The van der Waals surface area contributed by atoms with Gasteiger partial charge in [0, 0.05) is 33.0 Å². The average molecular weight is 667 g/mol. The summed E-state index contributed by atoms with van der Waals surface area (Å²) in [5.74, 6) is 1.87. The van der Waals surface area contributed by atoms with E-state index in [9.17, 15) is 5.26 Å². The minimum absolute atomic E-state index is 0.612. The zero-order valence-electron chi connectivity index (χ0n) is 28.3. The van der Waals surface area contributed by atoms with Crippen LogP contribution in [0.1, 0.15) is 11.1 Å². The summed E-state index contributed by atoms with van der Waals surface area (Å²) >= 11 is 0. The lowest BCUT2D eigenvalue weighted by molar-refractivity contribution is 0.670. The molecule has 0 N–H and O–H groups in total. The van der Waals surface area contributed by atoms with Gasteiger partial charge in [0.05, 0.1) is 11.6 Å². The summed E-state index contributed by atoms with van der Waals surface area (Å²) in [4.78, 5) is 14.7. The number of hydrogen-bond donors (Lipinski definition) is 0. The Balaban J connectivity index is 1.19. The average Bonchev–Trinajstić information content (AvgIpc) is 3.60. The van der Waals surface area contributed by atoms with Crippen LogP contribution in [0.25, 0.3) is 89.5 Å². The molecule has 0 saturated heterocycles. The molecule has 0 atom stereocenters. The fourth-order valence-electron chi connectivity index (χ4n) is 6.76. The number of furan rings is 1. The minimum atomic E-state index is 0.612. The first-order valence-corrected chi connectivity index (χ1v) is 17.2. The first kappa shape index (κ1) is 30.9. The van der Waals surface area contributed by atoms with Gasteiger partial charge in [0.1, 0.15) is 11.2 Å². The van der Waals surface area contributed by atoms with Crippen molar-refractivity contribution in [1.82, 2.24) is 15.0 Å². The normalized spacial score (nSPS) is 11.2. The summed E-state index contributed by atoms with van der Waals surface area (Å²) in [5, 5.41) is 11.5. The van der Waals surface area contributed by atoms with Crippen LogP contribution in [-0.4, -0.2) is 15.0 Å². The highest BCUT2D eigenvalue weighted by Gasteiger charge is 2.19. The van der Waals surface area contributed by atoms with E-state index in [4.69, 9.17) is 19.4 Å². The van der Waals surface area contributed by atoms with Gasteiger partial charge in [-0.2, -0.15) is 5.26 Å². The number of fused-ring (bicyclic) bond motifs is 3. The number of aromatic nitrogens is 3. The van der Waals surface area contributed by atoms with Gasteiger partial charge in [-0.25, -0.2) is 15.0 Å². The molecule has 0 unspecified atom stereocenters. The molecule has 2 heterocycles. The quantitative estimate of drug-likeness (QED) is 0.176. The van der Waals surface area contributed by atoms with Gasteiger partial charge in [0.2, 0.25) is 0 Å². The Morgan fingerprint density at radius 1 is 0.462 bits per heavy atom. The fourth-order valence-corrected chi connectivity index (χ4v) is 6.76. The van der Waals surface area contributed by atoms with Crippen molar-refractivity contribution in [2.45, 2.75) is 6.92 Å². The molecule has 0 saturated carbocycles. The van der Waals surface area contributed by atoms with Gasteiger partial charge in [-0.1, -0.05) is 139 Å². The first-order chi connectivity index (χ1) is 25.6. The number of nitriles is 1. The van der Waals surface area contributed by atoms with E-state index in [0.717, 1.165) is 72.0 Å². The van der Waals surface area contributed by atoms with E-state index in [0.29, 0.717) is 23.0 Å². The van der Waals surface area contributed by atoms with Crippen molar-refractivity contribution >= 4 is 21.9 Å². The van der Waals surface area contributed by atoms with E-state index in [1.165, 1.54) is 5.56 Å². The molecule has 244 valence electrons. The van der Waals surface area contributed by atoms with Crippen molar-refractivity contribution in [2.24, 2.45) is 0 Å². The Morgan fingerprint density at radius 2 is 0.981 bits per heavy atom. The van der Waals surface area contributed by atoms with Gasteiger partial charge in [0.25, 0.3) is 0 Å². The number of rotatable bonds is 6. The van der Waals surface area contributed by atoms with Crippen molar-refractivity contribution in [1.29, 1.82) is 5.26 Å². The van der Waals surface area contributed by atoms with Crippen LogP contribution >= 0.6 is 0 Å². The van der Waals surface area contributed by atoms with Crippen LogP contribution in [-0.2, 0) is 0 Å². The topological polar surface area (TPSA) is 75.6 Å². The van der Waals surface area contributed by atoms with Gasteiger partial charge >= 0.3 is 0 Å². The van der Waals surface area contributed by atoms with Crippen molar-refractivity contribution in [3.8, 4) is 73.6 Å². The van der Waals surface area contributed by atoms with Gasteiger partial charge < -0.3 is 4.42 Å². The number of aryl methyl sites for hydroxylation is 1. The van der Waals surface area contributed by atoms with E-state index in [2.05, 4.69) is 79.7 Å². The van der Waals surface area contributed by atoms with E-state index < -0.39 is 0 Å². The molecular weight excluding hydrogens is 637 g/mol. The first-order valence-electron chi connectivity index (χ1n) is 17.2. The largest absolute Gasteiger partial charge is 0.455 e. The van der Waals surface area contributed by atoms with Crippen molar-refractivity contribution in [2.75, 3.05) is 0 Å². The van der Waals surface area contributed by atoms with Crippen LogP contribution in [0.4, 0.5) is 0 Å². The molecule has 0 spiro atoms. The van der Waals surface area contributed by atoms with Crippen LogP contribution in [0.5, 0.6) is 0 Å². The van der Waals surface area contributed by atoms with Gasteiger partial charge in [-0.15, -0.1) is 0 Å². The smallest absolute Gasteiger partial charge is 0.164 e. The second kappa shape index (κ2) is 12.9. The summed E-state index contributed by atoms with van der Waals surface area (Å²) in [6.07, 6.45) is 0. The van der Waals surface area contributed by atoms with Crippen LogP contribution in [0.15, 0.2) is 168 Å². The Bertz CT molecular complexity index is 2710. The van der Waals surface area contributed by atoms with Crippen molar-refractivity contribution in [3.05, 3.63) is 175 Å². The highest BCUT2D eigenvalue weighted by molar-refractivity contribution is 6.16. The lowest BCUT2D eigenvalue weighted by Crippen LogP contribution is -2.00. The maximum Gasteiger partial charge on any atom is 0.164 e. The standard InChI is InChI=1S/C47H30N4O/c1-30-15-19-34(20-16-30)40-27-38(32-21-17-31(29-48)18-22-32)28-41-43-39(13-8-14-42(43)52-44(40)41)33-23-25-37(26-24-33)47-50-45(35-9-4-2-5-10-35)49-46(51-47)36-11-6-3-7-12-36/h2-28H,1H3. The minimum Gasteiger partial charge on any atom is -0.455 e. The summed E-state index contributed by atoms with van der Waals surface area (Å²) in [5.41, 5.74) is 12.6. The molecule has 5 nitrogen and oxygen atoms in total. The second-order valence-corrected chi connectivity index (χ2v) is 12.9. The van der Waals surface area contributed by atoms with E-state index in [-0.39, 0.29) is 0 Å². The van der Waals surface area contributed by atoms with Crippen LogP contribution < -0.4 is 0 Å². The summed E-state index contributed by atoms with van der Waals surface area (Å²) in [6, 6.07) is 57.6. The van der Waals surface area contributed by atoms with E-state index in [1.807, 2.05) is 97.1 Å². The zero-order chi connectivity index (χ0) is 35.0. The molecule has 0 aliphatic carbocycles. The van der Waals surface area contributed by atoms with Crippen LogP contribution in [0.2, 0.25) is 0 Å². The predicted octanol–water partition coefficient (Wildman–Crippen LogP) is 12.0. The molecule has 52 heavy (non-hydrogen) atoms. The van der Waals surface area contributed by atoms with Crippen molar-refractivity contribution in [3.63, 3.8) is 0 Å². The molecule has 5 heteroatoms. The van der Waals surface area contributed by atoms with Gasteiger partial charge in [-0.05, 0) is 65.1 Å². The van der Waals surface area contributed by atoms with E-state index in [1.54, 1.807) is 0 Å². The third kappa shape index (κ3) is 5.69. The lowest BCUT2D eigenvalue weighted by Gasteiger charge is -2.10. The van der Waals surface area contributed by atoms with E-state index >= 15 is 0 Å². The molecule has 0 amide bonds. The summed E-state index contributed by atoms with van der Waals surface area (Å²) in [7, 11) is 0. The second-order valence-electron chi connectivity index (χ2n) is 12.9. The van der Waals surface area contributed by atoms with Crippen LogP contribution in [0.3, 0.4) is 0 Å². The zero-order valence-corrected chi connectivity index (χ0v) is 28.3. The van der Waals surface area contributed by atoms with Gasteiger partial charge in [-0.3, -0.25) is 0 Å². The number of nitrogens with zero attached hydrogens (tertiary/aromatic N) is 4. The highest BCUT2D eigenvalue weighted by Crippen LogP contribution is 2.43. The third-order valence-electron chi connectivity index (χ3n) is 9.46. The Morgan fingerprint density at radius 3 is 1.58 bits per heavy atom. The molecule has 0 bridgehead atoms. The lowest BCUT2D eigenvalue weighted by atomic mass is 9.93. The maximum absolute atomic E-state index is 9.41. The Hall–Kier alpha value is -7.16. The molecule has 9 rings (SSSR count). The maximum atomic E-state index is 9.41. The third-order valence-corrected chi connectivity index (χ3v) is 9.46. The molecule has 2 aromatic heterocycles. The molecular formula is C47H30N4O.